The van der Waals surface area contributed by atoms with Crippen LogP contribution in [0.2, 0.25) is 0 Å². The number of fused-ring (bicyclic) bond motifs is 1. The Hall–Kier alpha value is -2.95. The van der Waals surface area contributed by atoms with Crippen molar-refractivity contribution in [3.05, 3.63) is 41.8 Å². The van der Waals surface area contributed by atoms with E-state index in [1.165, 1.54) is 37.3 Å². The van der Waals surface area contributed by atoms with Crippen molar-refractivity contribution in [3.63, 3.8) is 0 Å². The van der Waals surface area contributed by atoms with E-state index in [0.717, 1.165) is 41.7 Å². The predicted octanol–water partition coefficient (Wildman–Crippen LogP) is 3.07. The summed E-state index contributed by atoms with van der Waals surface area (Å²) < 4.78 is 2.01. The van der Waals surface area contributed by atoms with Crippen LogP contribution >= 0.6 is 11.3 Å². The van der Waals surface area contributed by atoms with E-state index in [4.69, 9.17) is 5.11 Å². The summed E-state index contributed by atoms with van der Waals surface area (Å²) in [5, 5.41) is 25.9. The van der Waals surface area contributed by atoms with E-state index in [2.05, 4.69) is 41.7 Å². The van der Waals surface area contributed by atoms with Crippen molar-refractivity contribution in [1.82, 2.24) is 34.8 Å². The first kappa shape index (κ1) is 20.0. The highest BCUT2D eigenvalue weighted by molar-refractivity contribution is 7.15. The maximum atomic E-state index is 9.14. The van der Waals surface area contributed by atoms with E-state index < -0.39 is 0 Å². The van der Waals surface area contributed by atoms with E-state index in [1.54, 1.807) is 0 Å². The van der Waals surface area contributed by atoms with Crippen molar-refractivity contribution in [3.8, 4) is 11.1 Å². The van der Waals surface area contributed by atoms with E-state index >= 15 is 0 Å². The fraction of sp³-hybridized carbons (Fsp3) is 0.381. The van der Waals surface area contributed by atoms with Crippen molar-refractivity contribution < 1.29 is 5.11 Å². The Morgan fingerprint density at radius 1 is 1.03 bits per heavy atom. The first-order valence-corrected chi connectivity index (χ1v) is 11.3. The van der Waals surface area contributed by atoms with Gasteiger partial charge in [-0.2, -0.15) is 5.10 Å². The van der Waals surface area contributed by atoms with E-state index in [1.807, 2.05) is 35.3 Å². The van der Waals surface area contributed by atoms with Crippen molar-refractivity contribution in [2.24, 2.45) is 0 Å². The van der Waals surface area contributed by atoms with Gasteiger partial charge in [-0.3, -0.25) is 9.67 Å². The molecule has 0 saturated carbocycles. The average molecular weight is 437 g/mol. The fourth-order valence-corrected chi connectivity index (χ4v) is 4.42. The molecule has 0 bridgehead atoms. The molecule has 160 valence electrons. The minimum Gasteiger partial charge on any atom is -0.389 e. The molecule has 0 aliphatic carbocycles. The molecule has 9 nitrogen and oxygen atoms in total. The number of nitrogens with one attached hydrogen (secondary N) is 1. The molecule has 0 atom stereocenters. The van der Waals surface area contributed by atoms with Crippen LogP contribution in [0.4, 0.5) is 10.9 Å². The average Bonchev–Trinajstić information content (AvgIpc) is 3.56. The number of aliphatic hydroxyl groups excluding tert-OH is 1. The van der Waals surface area contributed by atoms with Gasteiger partial charge >= 0.3 is 0 Å². The quantitative estimate of drug-likeness (QED) is 0.434. The zero-order valence-electron chi connectivity index (χ0n) is 17.1. The third kappa shape index (κ3) is 4.71. The Kier molecular flexibility index (Phi) is 5.83. The summed E-state index contributed by atoms with van der Waals surface area (Å²) in [6.45, 7) is 4.41. The van der Waals surface area contributed by atoms with Crippen molar-refractivity contribution in [2.75, 3.05) is 25.0 Å². The second kappa shape index (κ2) is 9.04. The zero-order valence-corrected chi connectivity index (χ0v) is 17.9. The van der Waals surface area contributed by atoms with Gasteiger partial charge in [0.15, 0.2) is 0 Å². The maximum absolute atomic E-state index is 9.14. The molecule has 4 aromatic rings. The Balaban J connectivity index is 1.28. The largest absolute Gasteiger partial charge is 0.389 e. The molecule has 10 heteroatoms. The summed E-state index contributed by atoms with van der Waals surface area (Å²) in [7, 11) is 0. The summed E-state index contributed by atoms with van der Waals surface area (Å²) in [5.74, 6) is 0.657. The number of nitrogens with zero attached hydrogens (tertiary/aromatic N) is 7. The van der Waals surface area contributed by atoms with Crippen molar-refractivity contribution in [2.45, 2.75) is 32.4 Å². The third-order valence-corrected chi connectivity index (χ3v) is 6.22. The standard InChI is InChI=1S/C21H24N8OS/c30-14-20-26-27-21(31-20)25-19-5-4-17-18(24-19)10-15(11-22-17)16-12-23-29(13-16)9-3-8-28-6-1-2-7-28/h4-5,10-13,30H,1-3,6-9,14H2,(H,24,25,27). The van der Waals surface area contributed by atoms with Crippen molar-refractivity contribution in [1.29, 1.82) is 0 Å². The number of aliphatic hydroxyl groups is 1. The van der Waals surface area contributed by atoms with Gasteiger partial charge < -0.3 is 15.3 Å². The van der Waals surface area contributed by atoms with Crippen LogP contribution < -0.4 is 5.32 Å². The van der Waals surface area contributed by atoms with Crippen molar-refractivity contribution >= 4 is 33.3 Å². The second-order valence-electron chi connectivity index (χ2n) is 7.64. The van der Waals surface area contributed by atoms with Crippen LogP contribution in [0.15, 0.2) is 36.8 Å². The smallest absolute Gasteiger partial charge is 0.211 e. The molecule has 1 saturated heterocycles. The Bertz CT molecular complexity index is 1170. The number of hydrogen-bond donors (Lipinski definition) is 2. The lowest BCUT2D eigenvalue weighted by Gasteiger charge is -2.13. The molecule has 0 amide bonds. The van der Waals surface area contributed by atoms with Gasteiger partial charge in [0.25, 0.3) is 0 Å². The summed E-state index contributed by atoms with van der Waals surface area (Å²) in [5.41, 5.74) is 3.63. The van der Waals surface area contributed by atoms with Gasteiger partial charge in [0, 0.05) is 30.1 Å². The molecular formula is C21H24N8OS. The summed E-state index contributed by atoms with van der Waals surface area (Å²) in [6.07, 6.45) is 9.59. The molecule has 1 fully saturated rings. The SMILES string of the molecule is OCc1nnc(Nc2ccc3ncc(-c4cnn(CCCN5CCCC5)c4)cc3n2)s1. The van der Waals surface area contributed by atoms with Gasteiger partial charge in [0.05, 0.1) is 23.8 Å². The zero-order chi connectivity index (χ0) is 21.0. The van der Waals surface area contributed by atoms with Crippen LogP contribution in [0.3, 0.4) is 0 Å². The highest BCUT2D eigenvalue weighted by Crippen LogP contribution is 2.24. The Morgan fingerprint density at radius 2 is 1.94 bits per heavy atom. The second-order valence-corrected chi connectivity index (χ2v) is 8.70. The van der Waals surface area contributed by atoms with Gasteiger partial charge in [-0.25, -0.2) is 4.98 Å². The first-order valence-electron chi connectivity index (χ1n) is 10.5. The Labute approximate surface area is 183 Å². The normalized spacial score (nSPS) is 14.5. The summed E-state index contributed by atoms with van der Waals surface area (Å²) >= 11 is 1.30. The lowest BCUT2D eigenvalue weighted by atomic mass is 10.1. The number of likely N-dealkylation sites (tertiary alicyclic amines) is 1. The molecule has 0 unspecified atom stereocenters. The number of hydrogen-bond acceptors (Lipinski definition) is 9. The molecule has 0 spiro atoms. The first-order chi connectivity index (χ1) is 15.3. The minimum atomic E-state index is -0.121. The number of aromatic nitrogens is 6. The predicted molar refractivity (Wildman–Crippen MR) is 120 cm³/mol. The monoisotopic (exact) mass is 436 g/mol. The van der Waals surface area contributed by atoms with Gasteiger partial charge in [0.1, 0.15) is 10.8 Å². The van der Waals surface area contributed by atoms with Gasteiger partial charge in [-0.15, -0.1) is 10.2 Å². The summed E-state index contributed by atoms with van der Waals surface area (Å²) in [4.78, 5) is 11.7. The van der Waals surface area contributed by atoms with Crippen LogP contribution in [-0.4, -0.2) is 59.6 Å². The highest BCUT2D eigenvalue weighted by atomic mass is 32.1. The fourth-order valence-electron chi connectivity index (χ4n) is 3.81. The van der Waals surface area contributed by atoms with Gasteiger partial charge in [-0.05, 0) is 57.1 Å². The minimum absolute atomic E-state index is 0.121. The molecule has 4 aromatic heterocycles. The molecule has 1 aliphatic heterocycles. The number of aryl methyl sites for hydroxylation is 1. The van der Waals surface area contributed by atoms with E-state index in [9.17, 15) is 0 Å². The molecule has 0 aromatic carbocycles. The van der Waals surface area contributed by atoms with Crippen LogP contribution in [0, 0.1) is 0 Å². The van der Waals surface area contributed by atoms with E-state index in [0.29, 0.717) is 16.0 Å². The number of pyridine rings is 2. The van der Waals surface area contributed by atoms with Crippen LogP contribution in [0.1, 0.15) is 24.3 Å². The lowest BCUT2D eigenvalue weighted by Crippen LogP contribution is -2.21. The molecule has 0 radical (unpaired) electrons. The number of anilines is 2. The summed E-state index contributed by atoms with van der Waals surface area (Å²) in [6, 6.07) is 5.80. The molecule has 1 aliphatic rings. The maximum Gasteiger partial charge on any atom is 0.211 e. The highest BCUT2D eigenvalue weighted by Gasteiger charge is 2.11. The van der Waals surface area contributed by atoms with Gasteiger partial charge in [0.2, 0.25) is 5.13 Å². The topological polar surface area (TPSA) is 105 Å². The molecular weight excluding hydrogens is 412 g/mol. The van der Waals surface area contributed by atoms with Gasteiger partial charge in [-0.1, -0.05) is 11.3 Å². The lowest BCUT2D eigenvalue weighted by molar-refractivity contribution is 0.280. The molecule has 5 heterocycles. The van der Waals surface area contributed by atoms with Crippen LogP contribution in [0.5, 0.6) is 0 Å². The van der Waals surface area contributed by atoms with Crippen LogP contribution in [-0.2, 0) is 13.2 Å². The number of rotatable bonds is 8. The Morgan fingerprint density at radius 3 is 2.77 bits per heavy atom. The third-order valence-electron chi connectivity index (χ3n) is 5.40. The molecule has 5 rings (SSSR count). The molecule has 31 heavy (non-hydrogen) atoms. The molecule has 2 N–H and O–H groups in total. The van der Waals surface area contributed by atoms with E-state index in [-0.39, 0.29) is 6.61 Å². The van der Waals surface area contributed by atoms with Crippen LogP contribution in [0.25, 0.3) is 22.2 Å².